The summed E-state index contributed by atoms with van der Waals surface area (Å²) >= 11 is 1.06. The lowest BCUT2D eigenvalue weighted by Gasteiger charge is -2.08. The van der Waals surface area contributed by atoms with Gasteiger partial charge in [0.2, 0.25) is 0 Å². The summed E-state index contributed by atoms with van der Waals surface area (Å²) in [5.74, 6) is -0.143. The van der Waals surface area contributed by atoms with Gasteiger partial charge in [-0.1, -0.05) is 13.8 Å². The van der Waals surface area contributed by atoms with E-state index in [1.54, 1.807) is 18.2 Å². The van der Waals surface area contributed by atoms with E-state index < -0.39 is 5.82 Å². The van der Waals surface area contributed by atoms with Crippen LogP contribution >= 0.6 is 11.9 Å². The van der Waals surface area contributed by atoms with E-state index >= 15 is 0 Å². The highest BCUT2D eigenvalue weighted by molar-refractivity contribution is 8.00. The van der Waals surface area contributed by atoms with Crippen LogP contribution in [0.15, 0.2) is 53.7 Å². The molecular weight excluding hydrogens is 382 g/mol. The standard InChI is InChI=1S/C18H12F2N4OS.C2H6/c1-25-14-4-5-15(19)17(7-14)26-24-13-9-22-18(23-10-13)11-2-3-12(8-21)16(20)6-11;1-2/h2-7,9-10,24H,1H3;1-2H3. The maximum Gasteiger partial charge on any atom is 0.159 e. The number of nitrogens with one attached hydrogen (secondary N) is 1. The number of ether oxygens (including phenoxy) is 1. The largest absolute Gasteiger partial charge is 0.497 e. The van der Waals surface area contributed by atoms with Crippen LogP contribution in [0.4, 0.5) is 14.5 Å². The second kappa shape index (κ2) is 10.2. The van der Waals surface area contributed by atoms with Crippen molar-refractivity contribution in [2.24, 2.45) is 0 Å². The number of hydrogen-bond acceptors (Lipinski definition) is 6. The SMILES string of the molecule is CC.COc1ccc(F)c(SNc2cnc(-c3ccc(C#N)c(F)c3)nc2)c1. The molecule has 5 nitrogen and oxygen atoms in total. The summed E-state index contributed by atoms with van der Waals surface area (Å²) in [6, 6.07) is 10.3. The number of methoxy groups -OCH3 is 1. The van der Waals surface area contributed by atoms with E-state index in [1.165, 1.54) is 43.8 Å². The highest BCUT2D eigenvalue weighted by atomic mass is 32.2. The van der Waals surface area contributed by atoms with Crippen LogP contribution in [0.5, 0.6) is 5.75 Å². The minimum atomic E-state index is -0.625. The van der Waals surface area contributed by atoms with Crippen molar-refractivity contribution in [2.75, 3.05) is 11.8 Å². The van der Waals surface area contributed by atoms with Crippen molar-refractivity contribution in [2.45, 2.75) is 18.7 Å². The molecule has 3 rings (SSSR count). The first-order valence-corrected chi connectivity index (χ1v) is 9.21. The van der Waals surface area contributed by atoms with Gasteiger partial charge in [-0.3, -0.25) is 0 Å². The van der Waals surface area contributed by atoms with Crippen LogP contribution in [0.25, 0.3) is 11.4 Å². The van der Waals surface area contributed by atoms with Crippen LogP contribution in [0.2, 0.25) is 0 Å². The molecule has 0 radical (unpaired) electrons. The Labute approximate surface area is 166 Å². The number of benzene rings is 2. The maximum atomic E-state index is 13.8. The summed E-state index contributed by atoms with van der Waals surface area (Å²) in [6.45, 7) is 4.00. The number of nitriles is 1. The molecule has 0 spiro atoms. The molecule has 0 unspecified atom stereocenters. The molecule has 0 atom stereocenters. The van der Waals surface area contributed by atoms with E-state index in [1.807, 2.05) is 13.8 Å². The number of rotatable bonds is 5. The number of nitrogens with zero attached hydrogens (tertiary/aromatic N) is 3. The molecule has 1 aromatic heterocycles. The van der Waals surface area contributed by atoms with E-state index in [0.717, 1.165) is 11.9 Å². The van der Waals surface area contributed by atoms with Crippen LogP contribution in [-0.2, 0) is 0 Å². The molecule has 0 aliphatic rings. The monoisotopic (exact) mass is 400 g/mol. The third kappa shape index (κ3) is 5.18. The molecule has 0 fully saturated rings. The van der Waals surface area contributed by atoms with Gasteiger partial charge in [-0.25, -0.2) is 18.7 Å². The Hall–Kier alpha value is -3.18. The van der Waals surface area contributed by atoms with E-state index in [4.69, 9.17) is 10.00 Å². The Morgan fingerprint density at radius 3 is 2.36 bits per heavy atom. The van der Waals surface area contributed by atoms with Gasteiger partial charge in [-0.05, 0) is 48.3 Å². The van der Waals surface area contributed by atoms with Crippen LogP contribution < -0.4 is 9.46 Å². The van der Waals surface area contributed by atoms with Crippen molar-refractivity contribution in [1.29, 1.82) is 5.26 Å². The molecule has 2 aromatic carbocycles. The summed E-state index contributed by atoms with van der Waals surface area (Å²) in [5.41, 5.74) is 0.971. The van der Waals surface area contributed by atoms with E-state index in [0.29, 0.717) is 27.7 Å². The summed E-state index contributed by atoms with van der Waals surface area (Å²) < 4.78 is 35.5. The van der Waals surface area contributed by atoms with E-state index in [9.17, 15) is 8.78 Å². The third-order valence-corrected chi connectivity index (χ3v) is 4.29. The third-order valence-electron chi connectivity index (χ3n) is 3.42. The number of anilines is 1. The molecule has 28 heavy (non-hydrogen) atoms. The minimum absolute atomic E-state index is 0.0382. The Bertz CT molecular complexity index is 975. The zero-order valence-corrected chi connectivity index (χ0v) is 16.3. The second-order valence-corrected chi connectivity index (χ2v) is 5.95. The fourth-order valence-electron chi connectivity index (χ4n) is 2.08. The zero-order chi connectivity index (χ0) is 20.5. The molecule has 0 saturated heterocycles. The summed E-state index contributed by atoms with van der Waals surface area (Å²) in [7, 11) is 1.51. The molecule has 1 heterocycles. The van der Waals surface area contributed by atoms with Crippen LogP contribution in [0.1, 0.15) is 19.4 Å². The number of aromatic nitrogens is 2. The topological polar surface area (TPSA) is 70.8 Å². The predicted octanol–water partition coefficient (Wildman–Crippen LogP) is 5.45. The lowest BCUT2D eigenvalue weighted by atomic mass is 10.1. The van der Waals surface area contributed by atoms with Crippen molar-refractivity contribution in [3.05, 3.63) is 66.0 Å². The molecule has 0 bridgehead atoms. The maximum absolute atomic E-state index is 13.8. The van der Waals surface area contributed by atoms with Gasteiger partial charge < -0.3 is 9.46 Å². The van der Waals surface area contributed by atoms with Crippen LogP contribution in [0.3, 0.4) is 0 Å². The van der Waals surface area contributed by atoms with Gasteiger partial charge in [-0.15, -0.1) is 0 Å². The lowest BCUT2D eigenvalue weighted by Crippen LogP contribution is -1.95. The minimum Gasteiger partial charge on any atom is -0.497 e. The smallest absolute Gasteiger partial charge is 0.159 e. The average Bonchev–Trinajstić information content (AvgIpc) is 2.75. The van der Waals surface area contributed by atoms with Gasteiger partial charge in [0.1, 0.15) is 23.5 Å². The first-order valence-electron chi connectivity index (χ1n) is 8.39. The van der Waals surface area contributed by atoms with Crippen molar-refractivity contribution in [3.8, 4) is 23.2 Å². The zero-order valence-electron chi connectivity index (χ0n) is 15.5. The average molecular weight is 400 g/mol. The van der Waals surface area contributed by atoms with Gasteiger partial charge in [0.25, 0.3) is 0 Å². The van der Waals surface area contributed by atoms with E-state index in [-0.39, 0.29) is 11.4 Å². The molecular formula is C20H18F2N4OS. The Morgan fingerprint density at radius 2 is 1.75 bits per heavy atom. The van der Waals surface area contributed by atoms with Crippen LogP contribution in [0, 0.1) is 23.0 Å². The quantitative estimate of drug-likeness (QED) is 0.575. The molecule has 0 saturated carbocycles. The van der Waals surface area contributed by atoms with Gasteiger partial charge in [0.15, 0.2) is 5.82 Å². The van der Waals surface area contributed by atoms with Gasteiger partial charge in [0, 0.05) is 5.56 Å². The van der Waals surface area contributed by atoms with Gasteiger partial charge >= 0.3 is 0 Å². The molecule has 3 aromatic rings. The van der Waals surface area contributed by atoms with Crippen molar-refractivity contribution in [3.63, 3.8) is 0 Å². The Balaban J connectivity index is 0.00000136. The molecule has 8 heteroatoms. The van der Waals surface area contributed by atoms with E-state index in [2.05, 4.69) is 14.7 Å². The first kappa shape index (κ1) is 21.1. The highest BCUT2D eigenvalue weighted by Gasteiger charge is 2.08. The summed E-state index contributed by atoms with van der Waals surface area (Å²) in [4.78, 5) is 8.68. The molecule has 1 N–H and O–H groups in total. The highest BCUT2D eigenvalue weighted by Crippen LogP contribution is 2.27. The molecule has 144 valence electrons. The van der Waals surface area contributed by atoms with Gasteiger partial charge in [-0.2, -0.15) is 5.26 Å². The molecule has 0 amide bonds. The number of halogens is 2. The second-order valence-electron chi connectivity index (χ2n) is 5.10. The molecule has 0 aliphatic carbocycles. The summed E-state index contributed by atoms with van der Waals surface area (Å²) in [5, 5.41) is 8.76. The Morgan fingerprint density at radius 1 is 1.04 bits per heavy atom. The summed E-state index contributed by atoms with van der Waals surface area (Å²) in [6.07, 6.45) is 3.01. The lowest BCUT2D eigenvalue weighted by molar-refractivity contribution is 0.411. The van der Waals surface area contributed by atoms with Crippen LogP contribution in [-0.4, -0.2) is 17.1 Å². The van der Waals surface area contributed by atoms with Crippen molar-refractivity contribution in [1.82, 2.24) is 9.97 Å². The van der Waals surface area contributed by atoms with Gasteiger partial charge in [0.05, 0.1) is 35.6 Å². The van der Waals surface area contributed by atoms with Crippen molar-refractivity contribution >= 4 is 17.6 Å². The fourth-order valence-corrected chi connectivity index (χ4v) is 2.75. The number of hydrogen-bond donors (Lipinski definition) is 1. The fraction of sp³-hybridized carbons (Fsp3) is 0.150. The predicted molar refractivity (Wildman–Crippen MR) is 106 cm³/mol. The molecule has 0 aliphatic heterocycles. The first-order chi connectivity index (χ1) is 13.6. The Kier molecular flexibility index (Phi) is 7.72. The normalized spacial score (nSPS) is 9.71. The van der Waals surface area contributed by atoms with Crippen molar-refractivity contribution < 1.29 is 13.5 Å².